The first-order valence-corrected chi connectivity index (χ1v) is 24.9. The van der Waals surface area contributed by atoms with Crippen LogP contribution in [0, 0.1) is 29.6 Å². The Morgan fingerprint density at radius 3 is 2.19 bits per heavy atom. The number of amides is 2. The maximum Gasteiger partial charge on any atom is 0.483 e. The number of hydrogen-bond donors (Lipinski definition) is 10. The summed E-state index contributed by atoms with van der Waals surface area (Å²) in [5.41, 5.74) is 4.84. The number of nitrogen functional groups attached to an aromatic ring is 1. The molecule has 2 aromatic heterocycles. The van der Waals surface area contributed by atoms with Gasteiger partial charge in [0.2, 0.25) is 11.9 Å². The van der Waals surface area contributed by atoms with Crippen molar-refractivity contribution in [2.75, 3.05) is 84.9 Å². The number of aliphatic hydroxyl groups excluding tert-OH is 4. The molecule has 4 aliphatic rings. The molecule has 0 radical (unpaired) electrons. The second-order valence-electron chi connectivity index (χ2n) is 16.1. The van der Waals surface area contributed by atoms with Crippen LogP contribution < -0.4 is 21.9 Å². The molecule has 3 fully saturated rings. The molecule has 11 N–H and O–H groups in total. The minimum Gasteiger partial charge on any atom is -0.449 e. The van der Waals surface area contributed by atoms with E-state index in [-0.39, 0.29) is 56.4 Å². The smallest absolute Gasteiger partial charge is 0.449 e. The van der Waals surface area contributed by atoms with E-state index in [9.17, 15) is 53.7 Å². The first kappa shape index (κ1) is 53.7. The Morgan fingerprint density at radius 2 is 1.51 bits per heavy atom. The summed E-state index contributed by atoms with van der Waals surface area (Å²) in [4.78, 5) is 67.1. The maximum atomic E-state index is 12.7. The van der Waals surface area contributed by atoms with Gasteiger partial charge in [-0.1, -0.05) is 0 Å². The van der Waals surface area contributed by atoms with Crippen LogP contribution in [0.15, 0.2) is 11.1 Å². The zero-order valence-electron chi connectivity index (χ0n) is 36.8. The summed E-state index contributed by atoms with van der Waals surface area (Å²) in [7, 11) is -11.1. The monoisotopic (exact) mass is 1010 g/mol. The van der Waals surface area contributed by atoms with Gasteiger partial charge in [-0.25, -0.2) is 18.9 Å². The summed E-state index contributed by atoms with van der Waals surface area (Å²) in [6.45, 7) is 1.38. The van der Waals surface area contributed by atoms with Crippen molar-refractivity contribution in [3.05, 3.63) is 16.7 Å². The number of phosphoric ester groups is 2. The van der Waals surface area contributed by atoms with E-state index in [1.165, 1.54) is 4.57 Å². The highest BCUT2D eigenvalue weighted by Crippen LogP contribution is 2.61. The molecule has 28 nitrogen and oxygen atoms in total. The molecule has 6 unspecified atom stereocenters. The lowest BCUT2D eigenvalue weighted by molar-refractivity contribution is -0.273. The molecule has 13 atom stereocenters. The van der Waals surface area contributed by atoms with Crippen LogP contribution in [-0.4, -0.2) is 184 Å². The van der Waals surface area contributed by atoms with Gasteiger partial charge in [-0.3, -0.25) is 28.2 Å². The Morgan fingerprint density at radius 1 is 0.868 bits per heavy atom. The van der Waals surface area contributed by atoms with Gasteiger partial charge in [0.25, 0.3) is 5.56 Å². The molecule has 0 aromatic carbocycles. The number of rotatable bonds is 27. The van der Waals surface area contributed by atoms with E-state index in [4.69, 9.17) is 47.9 Å². The number of aromatic nitrogens is 4. The fourth-order valence-corrected chi connectivity index (χ4v) is 10.0. The minimum atomic E-state index is -5.65. The molecule has 1 saturated carbocycles. The summed E-state index contributed by atoms with van der Waals surface area (Å²) in [5, 5.41) is 46.8. The molecule has 68 heavy (non-hydrogen) atoms. The van der Waals surface area contributed by atoms with E-state index < -0.39 is 95.5 Å². The molecule has 4 heterocycles. The van der Waals surface area contributed by atoms with Crippen molar-refractivity contribution in [1.82, 2.24) is 30.2 Å². The summed E-state index contributed by atoms with van der Waals surface area (Å²) in [5.74, 6) is 7.19. The third-order valence-corrected chi connectivity index (χ3v) is 13.9. The van der Waals surface area contributed by atoms with Gasteiger partial charge < -0.3 is 79.7 Å². The lowest BCUT2D eigenvalue weighted by atomic mass is 9.99. The number of aliphatic hydroxyl groups is 4. The number of carbonyl (C=O) groups is 2. The van der Waals surface area contributed by atoms with Crippen molar-refractivity contribution in [1.29, 1.82) is 0 Å². The van der Waals surface area contributed by atoms with Gasteiger partial charge in [-0.05, 0) is 30.6 Å². The van der Waals surface area contributed by atoms with Crippen LogP contribution in [-0.2, 0) is 60.4 Å². The first-order valence-electron chi connectivity index (χ1n) is 21.9. The topological polar surface area (TPSA) is 396 Å². The largest absolute Gasteiger partial charge is 0.483 e. The van der Waals surface area contributed by atoms with E-state index in [2.05, 4.69) is 41.7 Å². The number of aromatic amines is 1. The van der Waals surface area contributed by atoms with Crippen LogP contribution in [0.2, 0.25) is 0 Å². The lowest BCUT2D eigenvalue weighted by Gasteiger charge is -2.40. The van der Waals surface area contributed by atoms with Crippen LogP contribution in [0.4, 0.5) is 10.7 Å². The number of ether oxygens (including phenoxy) is 7. The number of hydrogen-bond acceptors (Lipinski definition) is 22. The fourth-order valence-electron chi connectivity index (χ4n) is 7.83. The molecule has 2 aliphatic carbocycles. The summed E-state index contributed by atoms with van der Waals surface area (Å²) in [6, 6.07) is 0. The van der Waals surface area contributed by atoms with Crippen molar-refractivity contribution in [2.24, 2.45) is 17.8 Å². The van der Waals surface area contributed by atoms with Crippen LogP contribution in [0.25, 0.3) is 11.2 Å². The van der Waals surface area contributed by atoms with Crippen molar-refractivity contribution in [3.8, 4) is 11.8 Å². The SMILES string of the molecule is Nc1nc2c(ncn2[C@@H]2O[C@H](COP(=O)(O)OP(=O)(O)O[C@H]3OC(CNC(=O)CCOCCOCCOCCOCCNC(=O)OCC4[C@H]5CCC#CCC[C@@H]45)[C@@H](O)C(O)C3O)C[C@@H]2O)c(=O)[nH]1. The minimum absolute atomic E-state index is 0.0198. The number of nitrogens with two attached hydrogens (primary N) is 1. The van der Waals surface area contributed by atoms with Crippen LogP contribution in [0.1, 0.15) is 44.8 Å². The quantitative estimate of drug-likeness (QED) is 0.0267. The molecular formula is C38H59N7O21P2. The Bertz CT molecular complexity index is 2180. The van der Waals surface area contributed by atoms with E-state index in [1.807, 2.05) is 0 Å². The number of carbonyl (C=O) groups excluding carboxylic acids is 2. The van der Waals surface area contributed by atoms with Gasteiger partial charge in [0.1, 0.15) is 30.5 Å². The van der Waals surface area contributed by atoms with Gasteiger partial charge >= 0.3 is 21.7 Å². The van der Waals surface area contributed by atoms with Crippen molar-refractivity contribution < 1.29 is 95.4 Å². The number of anilines is 1. The highest BCUT2D eigenvalue weighted by Gasteiger charge is 2.50. The third-order valence-electron chi connectivity index (χ3n) is 11.3. The third kappa shape index (κ3) is 15.9. The molecule has 2 aliphatic heterocycles. The van der Waals surface area contributed by atoms with Crippen molar-refractivity contribution in [2.45, 2.75) is 87.7 Å². The van der Waals surface area contributed by atoms with Gasteiger partial charge in [-0.15, -0.1) is 11.8 Å². The summed E-state index contributed by atoms with van der Waals surface area (Å²) >= 11 is 0. The summed E-state index contributed by atoms with van der Waals surface area (Å²) in [6.07, 6.45) is -8.98. The zero-order valence-corrected chi connectivity index (χ0v) is 38.6. The van der Waals surface area contributed by atoms with Gasteiger partial charge in [0.05, 0.1) is 78.5 Å². The predicted molar refractivity (Wildman–Crippen MR) is 229 cm³/mol. The number of phosphoric acid groups is 2. The van der Waals surface area contributed by atoms with E-state index in [0.717, 1.165) is 32.0 Å². The molecule has 6 rings (SSSR count). The maximum absolute atomic E-state index is 12.7. The zero-order chi connectivity index (χ0) is 48.8. The predicted octanol–water partition coefficient (Wildman–Crippen LogP) is -1.85. The van der Waals surface area contributed by atoms with E-state index in [1.54, 1.807) is 0 Å². The summed E-state index contributed by atoms with van der Waals surface area (Å²) < 4.78 is 78.5. The van der Waals surface area contributed by atoms with Gasteiger partial charge in [0.15, 0.2) is 23.7 Å². The molecule has 382 valence electrons. The Balaban J connectivity index is 0.771. The first-order chi connectivity index (χ1) is 32.5. The molecule has 2 saturated heterocycles. The molecular weight excluding hydrogens is 952 g/mol. The van der Waals surface area contributed by atoms with E-state index in [0.29, 0.717) is 57.3 Å². The molecule has 2 amide bonds. The van der Waals surface area contributed by atoms with Crippen molar-refractivity contribution in [3.63, 3.8) is 0 Å². The van der Waals surface area contributed by atoms with Gasteiger partial charge in [-0.2, -0.15) is 9.29 Å². The van der Waals surface area contributed by atoms with Crippen molar-refractivity contribution >= 4 is 44.8 Å². The number of fused-ring (bicyclic) bond motifs is 2. The average Bonchev–Trinajstić information content (AvgIpc) is 3.51. The number of alkyl carbamates (subject to hydrolysis) is 1. The Hall–Kier alpha value is -3.69. The molecule has 0 bridgehead atoms. The molecule has 0 spiro atoms. The van der Waals surface area contributed by atoms with Crippen LogP contribution in [0.5, 0.6) is 0 Å². The normalized spacial score (nSPS) is 29.6. The molecule has 30 heteroatoms. The Kier molecular flexibility index (Phi) is 20.1. The second-order valence-corrected chi connectivity index (χ2v) is 19.1. The lowest BCUT2D eigenvalue weighted by Crippen LogP contribution is -2.60. The van der Waals surface area contributed by atoms with Crippen LogP contribution in [0.3, 0.4) is 0 Å². The van der Waals surface area contributed by atoms with E-state index >= 15 is 0 Å². The fraction of sp³-hybridized carbons (Fsp3) is 0.763. The Labute approximate surface area is 388 Å². The standard InChI is InChI=1S/C38H59N7O21P2/c39-37-43-33-29(34(51)44-37)42-21-45(33)35-26(46)17-22(63-35)19-62-67(53,54)66-68(55,56)65-36-32(50)31(49)30(48)27(64-36)18-41-28(47)7-9-57-11-13-59-15-16-60-14-12-58-10-8-40-38(52)61-20-25-23-5-3-1-2-4-6-24(23)25/h21-27,30-32,35-36,46,48-50H,3-20H2,(H,40,52)(H,41,47)(H,53,54)(H,55,56)(H3,39,43,44,51)/t22-,23-,24+,25?,26-,27?,30+,31?,32?,35+,36+/m0/s1. The van der Waals surface area contributed by atoms with Crippen LogP contribution >= 0.6 is 15.6 Å². The highest BCUT2D eigenvalue weighted by molar-refractivity contribution is 7.61. The molecule has 2 aromatic rings. The number of nitrogens with one attached hydrogen (secondary N) is 3. The van der Waals surface area contributed by atoms with Gasteiger partial charge in [0, 0.05) is 38.8 Å². The highest BCUT2D eigenvalue weighted by atomic mass is 31.3. The average molecular weight is 1010 g/mol. The second kappa shape index (κ2) is 25.4. The number of H-pyrrole nitrogens is 1. The number of imidazole rings is 1. The number of nitrogens with zero attached hydrogens (tertiary/aromatic N) is 3.